The number of pyridine rings is 1. The maximum Gasteiger partial charge on any atom is 0.263 e. The molecule has 4 aromatic rings. The first-order chi connectivity index (χ1) is 16.5. The van der Waals surface area contributed by atoms with Crippen molar-refractivity contribution in [2.75, 3.05) is 33.6 Å². The van der Waals surface area contributed by atoms with E-state index in [2.05, 4.69) is 11.9 Å². The molecule has 0 saturated carbocycles. The molecule has 0 radical (unpaired) electrons. The number of thiophene rings is 1. The van der Waals surface area contributed by atoms with Crippen LogP contribution in [0.15, 0.2) is 61.2 Å². The summed E-state index contributed by atoms with van der Waals surface area (Å²) in [4.78, 5) is 18.7. The molecule has 2 aromatic heterocycles. The maximum absolute atomic E-state index is 12.8. The van der Waals surface area contributed by atoms with Crippen molar-refractivity contribution < 1.29 is 19.0 Å². The van der Waals surface area contributed by atoms with Gasteiger partial charge < -0.3 is 25.3 Å². The predicted molar refractivity (Wildman–Crippen MR) is 137 cm³/mol. The van der Waals surface area contributed by atoms with Crippen LogP contribution in [0.5, 0.6) is 17.2 Å². The van der Waals surface area contributed by atoms with E-state index < -0.39 is 0 Å². The molecule has 1 amide bonds. The molecule has 0 saturated heterocycles. The van der Waals surface area contributed by atoms with Crippen molar-refractivity contribution in [3.05, 3.63) is 66.1 Å². The molecule has 4 rings (SSSR count). The zero-order chi connectivity index (χ0) is 24.2. The standard InChI is InChI=1S/C26H25N3O4S/c1-5-11-28-25(30)24-22(27)21-17(16-12-19(31-2)23(33-4)20(13-16)32-3)14-18(29-26(21)34-24)15-9-7-6-8-10-15/h5-10,12-14H,1,11,27H2,2-4H3,(H,28,30). The smallest absolute Gasteiger partial charge is 0.263 e. The van der Waals surface area contributed by atoms with Crippen LogP contribution in [0, 0.1) is 0 Å². The average molecular weight is 476 g/mol. The normalized spacial score (nSPS) is 10.7. The third kappa shape index (κ3) is 4.15. The van der Waals surface area contributed by atoms with Crippen LogP contribution in [0.25, 0.3) is 32.6 Å². The van der Waals surface area contributed by atoms with Gasteiger partial charge >= 0.3 is 0 Å². The second kappa shape index (κ2) is 9.84. The van der Waals surface area contributed by atoms with Crippen LogP contribution in [0.2, 0.25) is 0 Å². The number of hydrogen-bond acceptors (Lipinski definition) is 7. The monoisotopic (exact) mass is 475 g/mol. The molecular formula is C26H25N3O4S. The number of anilines is 1. The first-order valence-electron chi connectivity index (χ1n) is 10.5. The fourth-order valence-electron chi connectivity index (χ4n) is 3.76. The van der Waals surface area contributed by atoms with Gasteiger partial charge in [-0.2, -0.15) is 0 Å². The maximum atomic E-state index is 12.8. The van der Waals surface area contributed by atoms with Gasteiger partial charge in [-0.3, -0.25) is 4.79 Å². The highest BCUT2D eigenvalue weighted by Gasteiger charge is 2.23. The van der Waals surface area contributed by atoms with Crippen molar-refractivity contribution in [2.24, 2.45) is 0 Å². The van der Waals surface area contributed by atoms with Crippen molar-refractivity contribution in [1.29, 1.82) is 0 Å². The molecular weight excluding hydrogens is 450 g/mol. The summed E-state index contributed by atoms with van der Waals surface area (Å²) in [5.41, 5.74) is 10.2. The number of rotatable bonds is 8. The van der Waals surface area contributed by atoms with E-state index >= 15 is 0 Å². The van der Waals surface area contributed by atoms with E-state index in [0.29, 0.717) is 44.6 Å². The van der Waals surface area contributed by atoms with Gasteiger partial charge in [-0.1, -0.05) is 36.4 Å². The Morgan fingerprint density at radius 2 is 1.74 bits per heavy atom. The molecule has 0 bridgehead atoms. The number of nitrogens with one attached hydrogen (secondary N) is 1. The summed E-state index contributed by atoms with van der Waals surface area (Å²) in [6.45, 7) is 3.99. The van der Waals surface area contributed by atoms with Crippen LogP contribution in [0.4, 0.5) is 5.69 Å². The number of nitrogen functional groups attached to an aromatic ring is 1. The Balaban J connectivity index is 2.02. The Hall–Kier alpha value is -4.04. The predicted octanol–water partition coefficient (Wildman–Crippen LogP) is 5.15. The minimum absolute atomic E-state index is 0.266. The van der Waals surface area contributed by atoms with E-state index in [-0.39, 0.29) is 5.91 Å². The Labute approximate surface area is 201 Å². The number of aromatic nitrogens is 1. The summed E-state index contributed by atoms with van der Waals surface area (Å²) in [5.74, 6) is 1.25. The molecule has 0 unspecified atom stereocenters. The van der Waals surface area contributed by atoms with Gasteiger partial charge in [0.15, 0.2) is 11.5 Å². The fourth-order valence-corrected chi connectivity index (χ4v) is 4.79. The lowest BCUT2D eigenvalue weighted by atomic mass is 9.98. The van der Waals surface area contributed by atoms with Gasteiger partial charge in [-0.25, -0.2) is 4.98 Å². The Morgan fingerprint density at radius 1 is 1.06 bits per heavy atom. The lowest BCUT2D eigenvalue weighted by Gasteiger charge is -2.15. The molecule has 0 aliphatic heterocycles. The summed E-state index contributed by atoms with van der Waals surface area (Å²) in [6, 6.07) is 15.5. The molecule has 8 heteroatoms. The van der Waals surface area contributed by atoms with E-state index in [1.807, 2.05) is 48.5 Å². The zero-order valence-electron chi connectivity index (χ0n) is 19.2. The number of methoxy groups -OCH3 is 3. The van der Waals surface area contributed by atoms with Crippen LogP contribution in [0.3, 0.4) is 0 Å². The summed E-state index contributed by atoms with van der Waals surface area (Å²) < 4.78 is 16.6. The average Bonchev–Trinajstić information content (AvgIpc) is 3.22. The van der Waals surface area contributed by atoms with Crippen LogP contribution < -0.4 is 25.3 Å². The number of benzene rings is 2. The van der Waals surface area contributed by atoms with Crippen LogP contribution in [-0.2, 0) is 0 Å². The lowest BCUT2D eigenvalue weighted by Crippen LogP contribution is -2.22. The molecule has 3 N–H and O–H groups in total. The van der Waals surface area contributed by atoms with Crippen molar-refractivity contribution in [3.8, 4) is 39.6 Å². The van der Waals surface area contributed by atoms with Crippen molar-refractivity contribution in [2.45, 2.75) is 0 Å². The van der Waals surface area contributed by atoms with E-state index in [4.69, 9.17) is 24.9 Å². The number of amides is 1. The minimum atomic E-state index is -0.266. The molecule has 174 valence electrons. The Morgan fingerprint density at radius 3 is 2.32 bits per heavy atom. The molecule has 0 fully saturated rings. The highest BCUT2D eigenvalue weighted by molar-refractivity contribution is 7.21. The fraction of sp³-hybridized carbons (Fsp3) is 0.154. The quantitative estimate of drug-likeness (QED) is 0.342. The van der Waals surface area contributed by atoms with Crippen molar-refractivity contribution in [1.82, 2.24) is 10.3 Å². The molecule has 2 aromatic carbocycles. The third-order valence-electron chi connectivity index (χ3n) is 5.36. The summed E-state index contributed by atoms with van der Waals surface area (Å²) >= 11 is 1.26. The van der Waals surface area contributed by atoms with Crippen LogP contribution in [0.1, 0.15) is 9.67 Å². The molecule has 0 spiro atoms. The number of carbonyl (C=O) groups is 1. The second-order valence-corrected chi connectivity index (χ2v) is 8.36. The van der Waals surface area contributed by atoms with Crippen molar-refractivity contribution in [3.63, 3.8) is 0 Å². The third-order valence-corrected chi connectivity index (χ3v) is 6.46. The lowest BCUT2D eigenvalue weighted by molar-refractivity contribution is 0.0963. The number of ether oxygens (including phenoxy) is 3. The number of carbonyl (C=O) groups excluding carboxylic acids is 1. The molecule has 34 heavy (non-hydrogen) atoms. The van der Waals surface area contributed by atoms with Crippen molar-refractivity contribution >= 4 is 33.1 Å². The van der Waals surface area contributed by atoms with Gasteiger partial charge in [0.05, 0.1) is 32.7 Å². The van der Waals surface area contributed by atoms with Gasteiger partial charge in [-0.15, -0.1) is 17.9 Å². The summed E-state index contributed by atoms with van der Waals surface area (Å²) in [5, 5.41) is 3.49. The number of fused-ring (bicyclic) bond motifs is 1. The molecule has 0 atom stereocenters. The Bertz CT molecular complexity index is 1340. The highest BCUT2D eigenvalue weighted by Crippen LogP contribution is 2.46. The van der Waals surface area contributed by atoms with Gasteiger partial charge in [0.25, 0.3) is 5.91 Å². The number of hydrogen-bond donors (Lipinski definition) is 2. The summed E-state index contributed by atoms with van der Waals surface area (Å²) in [6.07, 6.45) is 1.62. The van der Waals surface area contributed by atoms with Crippen LogP contribution in [-0.4, -0.2) is 38.8 Å². The number of nitrogens with zero attached hydrogens (tertiary/aromatic N) is 1. The molecule has 0 aliphatic rings. The van der Waals surface area contributed by atoms with E-state index in [0.717, 1.165) is 22.4 Å². The topological polar surface area (TPSA) is 95.7 Å². The van der Waals surface area contributed by atoms with Crippen LogP contribution >= 0.6 is 11.3 Å². The van der Waals surface area contributed by atoms with Gasteiger partial charge in [0, 0.05) is 17.5 Å². The SMILES string of the molecule is C=CCNC(=O)c1sc2nc(-c3ccccc3)cc(-c3cc(OC)c(OC)c(OC)c3)c2c1N. The molecule has 7 nitrogen and oxygen atoms in total. The van der Waals surface area contributed by atoms with Gasteiger partial charge in [0.1, 0.15) is 9.71 Å². The van der Waals surface area contributed by atoms with Gasteiger partial charge in [0.2, 0.25) is 5.75 Å². The van der Waals surface area contributed by atoms with E-state index in [1.165, 1.54) is 11.3 Å². The zero-order valence-corrected chi connectivity index (χ0v) is 20.0. The second-order valence-electron chi connectivity index (χ2n) is 7.36. The first-order valence-corrected chi connectivity index (χ1v) is 11.3. The largest absolute Gasteiger partial charge is 0.493 e. The van der Waals surface area contributed by atoms with Gasteiger partial charge in [-0.05, 0) is 29.3 Å². The highest BCUT2D eigenvalue weighted by atomic mass is 32.1. The molecule has 0 aliphatic carbocycles. The van der Waals surface area contributed by atoms with E-state index in [9.17, 15) is 4.79 Å². The van der Waals surface area contributed by atoms with E-state index in [1.54, 1.807) is 27.4 Å². The number of nitrogens with two attached hydrogens (primary N) is 1. The minimum Gasteiger partial charge on any atom is -0.493 e. The Kier molecular flexibility index (Phi) is 6.70. The first kappa shape index (κ1) is 23.1. The molecule has 2 heterocycles. The summed E-state index contributed by atoms with van der Waals surface area (Å²) in [7, 11) is 4.70.